The van der Waals surface area contributed by atoms with E-state index in [-0.39, 0.29) is 25.1 Å². The molecule has 1 saturated heterocycles. The Morgan fingerprint density at radius 1 is 1.26 bits per heavy atom. The lowest BCUT2D eigenvalue weighted by Gasteiger charge is -2.34. The van der Waals surface area contributed by atoms with Gasteiger partial charge in [-0.1, -0.05) is 51.3 Å². The molecule has 1 aliphatic rings. The van der Waals surface area contributed by atoms with Gasteiger partial charge < -0.3 is 14.6 Å². The van der Waals surface area contributed by atoms with Crippen molar-refractivity contribution in [2.24, 2.45) is 0 Å². The van der Waals surface area contributed by atoms with Crippen molar-refractivity contribution in [2.45, 2.75) is 12.2 Å². The second-order valence-electron chi connectivity index (χ2n) is 6.21. The predicted octanol–water partition coefficient (Wildman–Crippen LogP) is 4.99. The van der Waals surface area contributed by atoms with E-state index in [9.17, 15) is 5.11 Å². The Bertz CT molecular complexity index is 750. The zero-order valence-corrected chi connectivity index (χ0v) is 18.4. The van der Waals surface area contributed by atoms with Crippen molar-refractivity contribution >= 4 is 51.5 Å². The van der Waals surface area contributed by atoms with Crippen molar-refractivity contribution in [3.05, 3.63) is 62.5 Å². The van der Waals surface area contributed by atoms with E-state index in [2.05, 4.69) is 33.0 Å². The van der Waals surface area contributed by atoms with Crippen LogP contribution in [0.3, 0.4) is 0 Å². The second kappa shape index (κ2) is 10.9. The van der Waals surface area contributed by atoms with Gasteiger partial charge in [0.05, 0.1) is 17.7 Å². The SMILES string of the molecule is Cl.OC(COc1ccc(Cl)cc1Cl)CN1CCOC(c2cccc(Br)c2)C1. The van der Waals surface area contributed by atoms with Crippen LogP contribution in [0.4, 0.5) is 0 Å². The average molecular weight is 498 g/mol. The Kier molecular flexibility index (Phi) is 9.16. The molecule has 8 heteroatoms. The lowest BCUT2D eigenvalue weighted by Crippen LogP contribution is -2.43. The maximum absolute atomic E-state index is 10.3. The Morgan fingerprint density at radius 3 is 2.81 bits per heavy atom. The molecule has 3 rings (SSSR count). The number of aliphatic hydroxyl groups is 1. The van der Waals surface area contributed by atoms with Gasteiger partial charge >= 0.3 is 0 Å². The Morgan fingerprint density at radius 2 is 2.07 bits per heavy atom. The van der Waals surface area contributed by atoms with Crippen molar-refractivity contribution in [3.63, 3.8) is 0 Å². The molecule has 4 nitrogen and oxygen atoms in total. The van der Waals surface area contributed by atoms with Crippen LogP contribution in [0.25, 0.3) is 0 Å². The first kappa shape index (κ1) is 22.8. The van der Waals surface area contributed by atoms with E-state index in [1.807, 2.05) is 12.1 Å². The van der Waals surface area contributed by atoms with Crippen molar-refractivity contribution < 1.29 is 14.6 Å². The van der Waals surface area contributed by atoms with E-state index < -0.39 is 6.10 Å². The highest BCUT2D eigenvalue weighted by Gasteiger charge is 2.24. The third-order valence-corrected chi connectivity index (χ3v) is 5.19. The molecule has 0 amide bonds. The molecule has 27 heavy (non-hydrogen) atoms. The van der Waals surface area contributed by atoms with Gasteiger partial charge in [-0.2, -0.15) is 0 Å². The largest absolute Gasteiger partial charge is 0.489 e. The van der Waals surface area contributed by atoms with Crippen LogP contribution >= 0.6 is 51.5 Å². The molecule has 2 aromatic carbocycles. The third-order valence-electron chi connectivity index (χ3n) is 4.17. The normalized spacial score (nSPS) is 18.6. The number of hydrogen-bond acceptors (Lipinski definition) is 4. The van der Waals surface area contributed by atoms with E-state index >= 15 is 0 Å². The molecule has 1 N–H and O–H groups in total. The topological polar surface area (TPSA) is 41.9 Å². The number of aliphatic hydroxyl groups excluding tert-OH is 1. The molecule has 1 heterocycles. The first-order valence-electron chi connectivity index (χ1n) is 8.36. The van der Waals surface area contributed by atoms with Crippen molar-refractivity contribution in [3.8, 4) is 5.75 Å². The van der Waals surface area contributed by atoms with Gasteiger partial charge in [0.1, 0.15) is 18.5 Å². The summed E-state index contributed by atoms with van der Waals surface area (Å²) in [4.78, 5) is 2.19. The summed E-state index contributed by atoms with van der Waals surface area (Å²) in [6.45, 7) is 2.82. The van der Waals surface area contributed by atoms with Gasteiger partial charge in [-0.3, -0.25) is 4.90 Å². The van der Waals surface area contributed by atoms with Crippen molar-refractivity contribution in [1.82, 2.24) is 4.90 Å². The summed E-state index contributed by atoms with van der Waals surface area (Å²) >= 11 is 15.4. The van der Waals surface area contributed by atoms with Crippen LogP contribution in [0.2, 0.25) is 10.0 Å². The van der Waals surface area contributed by atoms with Crippen molar-refractivity contribution in [1.29, 1.82) is 0 Å². The molecule has 0 saturated carbocycles. The molecular weight excluding hydrogens is 476 g/mol. The van der Waals surface area contributed by atoms with E-state index in [1.54, 1.807) is 18.2 Å². The van der Waals surface area contributed by atoms with Crippen LogP contribution in [-0.2, 0) is 4.74 Å². The van der Waals surface area contributed by atoms with E-state index in [1.165, 1.54) is 0 Å². The molecule has 1 aliphatic heterocycles. The lowest BCUT2D eigenvalue weighted by atomic mass is 10.1. The molecule has 0 aliphatic carbocycles. The molecule has 0 aromatic heterocycles. The number of hydrogen-bond donors (Lipinski definition) is 1. The third kappa shape index (κ3) is 6.79. The maximum Gasteiger partial charge on any atom is 0.138 e. The van der Waals surface area contributed by atoms with Crippen LogP contribution in [0.5, 0.6) is 5.75 Å². The summed E-state index contributed by atoms with van der Waals surface area (Å²) in [7, 11) is 0. The van der Waals surface area contributed by atoms with Crippen LogP contribution in [0, 0.1) is 0 Å². The molecule has 2 unspecified atom stereocenters. The summed E-state index contributed by atoms with van der Waals surface area (Å²) in [6.07, 6.45) is -0.622. The van der Waals surface area contributed by atoms with Gasteiger partial charge in [-0.25, -0.2) is 0 Å². The molecule has 0 radical (unpaired) electrons. The predicted molar refractivity (Wildman–Crippen MR) is 114 cm³/mol. The minimum Gasteiger partial charge on any atom is -0.489 e. The van der Waals surface area contributed by atoms with Gasteiger partial charge in [0.2, 0.25) is 0 Å². The molecule has 2 atom stereocenters. The van der Waals surface area contributed by atoms with Gasteiger partial charge in [0, 0.05) is 29.1 Å². The van der Waals surface area contributed by atoms with E-state index in [0.717, 1.165) is 23.1 Å². The summed E-state index contributed by atoms with van der Waals surface area (Å²) in [5.74, 6) is 0.518. The highest BCUT2D eigenvalue weighted by atomic mass is 79.9. The van der Waals surface area contributed by atoms with E-state index in [4.69, 9.17) is 32.7 Å². The van der Waals surface area contributed by atoms with Gasteiger partial charge in [0.15, 0.2) is 0 Å². The van der Waals surface area contributed by atoms with Gasteiger partial charge in [-0.05, 0) is 35.9 Å². The zero-order valence-electron chi connectivity index (χ0n) is 14.5. The number of rotatable bonds is 6. The highest BCUT2D eigenvalue weighted by Crippen LogP contribution is 2.28. The van der Waals surface area contributed by atoms with Crippen molar-refractivity contribution in [2.75, 3.05) is 32.8 Å². The highest BCUT2D eigenvalue weighted by molar-refractivity contribution is 9.10. The standard InChI is InChI=1S/C19H20BrCl2NO3.ClH/c20-14-3-1-2-13(8-14)19-11-23(6-7-25-19)10-16(24)12-26-18-5-4-15(21)9-17(18)22;/h1-5,8-9,16,19,24H,6-7,10-12H2;1H. The lowest BCUT2D eigenvalue weighted by molar-refractivity contribution is -0.0459. The first-order valence-corrected chi connectivity index (χ1v) is 9.91. The van der Waals surface area contributed by atoms with Crippen LogP contribution in [-0.4, -0.2) is 49.0 Å². The molecule has 148 valence electrons. The minimum absolute atomic E-state index is 0. The number of ether oxygens (including phenoxy) is 2. The quantitative estimate of drug-likeness (QED) is 0.611. The maximum atomic E-state index is 10.3. The number of halogens is 4. The van der Waals surface area contributed by atoms with Gasteiger partial charge in [0.25, 0.3) is 0 Å². The number of nitrogens with zero attached hydrogens (tertiary/aromatic N) is 1. The summed E-state index contributed by atoms with van der Waals surface area (Å²) < 4.78 is 12.5. The molecule has 0 spiro atoms. The summed E-state index contributed by atoms with van der Waals surface area (Å²) in [5.41, 5.74) is 1.13. The van der Waals surface area contributed by atoms with Crippen LogP contribution in [0.1, 0.15) is 11.7 Å². The number of benzene rings is 2. The Labute approximate surface area is 183 Å². The van der Waals surface area contributed by atoms with Gasteiger partial charge in [-0.15, -0.1) is 12.4 Å². The van der Waals surface area contributed by atoms with Crippen LogP contribution in [0.15, 0.2) is 46.9 Å². The number of morpholine rings is 1. The Hall–Kier alpha value is -0.530. The second-order valence-corrected chi connectivity index (χ2v) is 7.97. The fourth-order valence-electron chi connectivity index (χ4n) is 2.91. The average Bonchev–Trinajstić information content (AvgIpc) is 2.61. The summed E-state index contributed by atoms with van der Waals surface area (Å²) in [5, 5.41) is 11.3. The fourth-order valence-corrected chi connectivity index (χ4v) is 3.79. The number of β-amino-alcohol motifs (C(OH)–C–C–N with tert-alkyl or cyclic N) is 1. The molecule has 1 fully saturated rings. The molecular formula is C19H21BrCl3NO3. The van der Waals surface area contributed by atoms with Crippen LogP contribution < -0.4 is 4.74 Å². The monoisotopic (exact) mass is 495 g/mol. The molecule has 0 bridgehead atoms. The minimum atomic E-state index is -0.622. The smallest absolute Gasteiger partial charge is 0.138 e. The zero-order chi connectivity index (χ0) is 18.5. The van der Waals surface area contributed by atoms with E-state index in [0.29, 0.717) is 28.9 Å². The summed E-state index contributed by atoms with van der Waals surface area (Å²) in [6, 6.07) is 13.1. The first-order chi connectivity index (χ1) is 12.5. The Balaban J connectivity index is 0.00000261. The fraction of sp³-hybridized carbons (Fsp3) is 0.368. The molecule has 2 aromatic rings.